The van der Waals surface area contributed by atoms with E-state index in [0.29, 0.717) is 23.0 Å². The average Bonchev–Trinajstić information content (AvgIpc) is 2.92. The number of rotatable bonds is 8. The molecule has 0 saturated carbocycles. The summed E-state index contributed by atoms with van der Waals surface area (Å²) in [6, 6.07) is 2.22. The van der Waals surface area contributed by atoms with E-state index < -0.39 is 71.7 Å². The number of aromatic carboxylic acids is 1. The zero-order valence-electron chi connectivity index (χ0n) is 21.9. The minimum Gasteiger partial charge on any atom is -0.534 e. The van der Waals surface area contributed by atoms with Crippen LogP contribution in [0.4, 0.5) is 9.18 Å². The van der Waals surface area contributed by atoms with E-state index in [-0.39, 0.29) is 43.9 Å². The Labute approximate surface area is 237 Å². The van der Waals surface area contributed by atoms with Gasteiger partial charge >= 0.3 is 30.9 Å². The number of phenolic OH excluding ortho intramolecular Hbond substituents is 2. The molecule has 1 fully saturated rings. The van der Waals surface area contributed by atoms with Crippen LogP contribution in [0.25, 0.3) is 0 Å². The molecule has 2 atom stereocenters. The molecule has 17 heteroatoms. The maximum absolute atomic E-state index is 15.0. The molecule has 8 N–H and O–H groups in total. The van der Waals surface area contributed by atoms with Gasteiger partial charge in [-0.2, -0.15) is 0 Å². The van der Waals surface area contributed by atoms with Gasteiger partial charge in [-0.25, -0.2) is 14.0 Å². The lowest BCUT2D eigenvalue weighted by atomic mass is 9.72. The Balaban J connectivity index is 1.59. The van der Waals surface area contributed by atoms with Gasteiger partial charge < -0.3 is 46.3 Å². The normalized spacial score (nSPS) is 17.3. The highest BCUT2D eigenvalue weighted by Crippen LogP contribution is 2.33. The first-order valence-corrected chi connectivity index (χ1v) is 12.8. The molecular formula is C25H27BFN5O10. The number of phenols is 2. The molecule has 0 bridgehead atoms. The number of para-hydroxylation sites is 1. The summed E-state index contributed by atoms with van der Waals surface area (Å²) in [7, 11) is -1.77. The second-order valence-corrected chi connectivity index (χ2v) is 9.56. The van der Waals surface area contributed by atoms with Crippen LogP contribution in [0.3, 0.4) is 0 Å². The van der Waals surface area contributed by atoms with Crippen molar-refractivity contribution in [3.05, 3.63) is 52.8 Å². The second-order valence-electron chi connectivity index (χ2n) is 9.56. The van der Waals surface area contributed by atoms with Crippen LogP contribution in [-0.4, -0.2) is 99.1 Å². The van der Waals surface area contributed by atoms with Crippen molar-refractivity contribution in [2.45, 2.75) is 24.8 Å². The number of aromatic hydroxyl groups is 2. The Morgan fingerprint density at radius 2 is 1.90 bits per heavy atom. The highest BCUT2D eigenvalue weighted by Gasteiger charge is 2.42. The number of carbonyl (C=O) groups excluding carboxylic acids is 4. The Morgan fingerprint density at radius 1 is 1.17 bits per heavy atom. The number of nitrogens with zero attached hydrogens (tertiary/aromatic N) is 2. The topological polar surface area (TPSA) is 232 Å². The molecule has 2 aliphatic rings. The number of hydrogen-bond acceptors (Lipinski definition) is 10. The predicted molar refractivity (Wildman–Crippen MR) is 141 cm³/mol. The van der Waals surface area contributed by atoms with Gasteiger partial charge in [0.15, 0.2) is 0 Å². The third kappa shape index (κ3) is 6.06. The van der Waals surface area contributed by atoms with E-state index in [1.807, 2.05) is 0 Å². The first-order chi connectivity index (χ1) is 19.9. The molecule has 5 amide bonds. The minimum absolute atomic E-state index is 0.0168. The molecule has 0 aromatic heterocycles. The molecule has 222 valence electrons. The molecule has 4 rings (SSSR count). The zero-order chi connectivity index (χ0) is 30.7. The van der Waals surface area contributed by atoms with Crippen molar-refractivity contribution in [1.82, 2.24) is 20.4 Å². The van der Waals surface area contributed by atoms with Gasteiger partial charge in [0.25, 0.3) is 0 Å². The van der Waals surface area contributed by atoms with Crippen LogP contribution in [0.2, 0.25) is 0 Å². The molecule has 0 spiro atoms. The van der Waals surface area contributed by atoms with Gasteiger partial charge in [0.1, 0.15) is 29.1 Å². The van der Waals surface area contributed by atoms with Crippen molar-refractivity contribution >= 4 is 36.8 Å². The van der Waals surface area contributed by atoms with Gasteiger partial charge in [0.05, 0.1) is 17.1 Å². The highest BCUT2D eigenvalue weighted by atomic mass is 19.1. The molecule has 1 saturated heterocycles. The number of benzene rings is 2. The number of urea groups is 1. The summed E-state index contributed by atoms with van der Waals surface area (Å²) in [6.07, 6.45) is 0.289. The number of piperazine rings is 1. The Kier molecular flexibility index (Phi) is 8.82. The first kappa shape index (κ1) is 30.1. The summed E-state index contributed by atoms with van der Waals surface area (Å²) in [6.45, 7) is 0.193. The molecule has 15 nitrogen and oxygen atoms in total. The molecule has 2 aromatic rings. The molecule has 2 aliphatic heterocycles. The molecule has 42 heavy (non-hydrogen) atoms. The molecular weight excluding hydrogens is 560 g/mol. The van der Waals surface area contributed by atoms with Gasteiger partial charge in [0, 0.05) is 31.8 Å². The monoisotopic (exact) mass is 587 g/mol. The fourth-order valence-corrected chi connectivity index (χ4v) is 4.69. The van der Waals surface area contributed by atoms with E-state index in [2.05, 4.69) is 10.6 Å². The van der Waals surface area contributed by atoms with Gasteiger partial charge in [-0.05, 0) is 31.0 Å². The van der Waals surface area contributed by atoms with Gasteiger partial charge in [0.2, 0.25) is 5.91 Å². The average molecular weight is 587 g/mol. The molecule has 2 heterocycles. The van der Waals surface area contributed by atoms with Crippen molar-refractivity contribution in [3.63, 3.8) is 0 Å². The zero-order valence-corrected chi connectivity index (χ0v) is 21.9. The number of carbonyl (C=O) groups is 5. The lowest BCUT2D eigenvalue weighted by Crippen LogP contribution is -2.60. The number of amides is 5. The van der Waals surface area contributed by atoms with Crippen molar-refractivity contribution < 1.29 is 53.4 Å². The van der Waals surface area contributed by atoms with Crippen LogP contribution in [0.1, 0.15) is 33.9 Å². The first-order valence-electron chi connectivity index (χ1n) is 12.8. The minimum atomic E-state index is -2.03. The summed E-state index contributed by atoms with van der Waals surface area (Å²) in [5.41, 5.74) is 4.76. The third-order valence-electron chi connectivity index (χ3n) is 6.77. The van der Waals surface area contributed by atoms with Crippen molar-refractivity contribution in [3.8, 4) is 17.2 Å². The standard InChI is InChI=1S/C25H27BFN5O10/c27-15-10-13(33)11-16(34)18(15)19(30-25(40)32-8-7-31(6-2-5-28)22(36)23(32)37)21(35)29-17-9-12-3-1-4-14(24(38)39)20(12)42-26(17)41/h1,3-4,10-11,17,19,33-34,41H,2,5-9,28H2,(H,29,35)(H,30,40)(H,38,39)/t17-,19+/m0/s1. The van der Waals surface area contributed by atoms with Crippen LogP contribution in [0.15, 0.2) is 30.3 Å². The van der Waals surface area contributed by atoms with Crippen LogP contribution in [0, 0.1) is 5.82 Å². The number of carboxylic acids is 1. The van der Waals surface area contributed by atoms with E-state index in [0.717, 1.165) is 6.07 Å². The Morgan fingerprint density at radius 3 is 2.57 bits per heavy atom. The van der Waals surface area contributed by atoms with Crippen molar-refractivity contribution in [2.75, 3.05) is 26.2 Å². The number of fused-ring (bicyclic) bond motifs is 1. The van der Waals surface area contributed by atoms with Crippen molar-refractivity contribution in [1.29, 1.82) is 0 Å². The third-order valence-corrected chi connectivity index (χ3v) is 6.77. The maximum atomic E-state index is 15.0. The summed E-state index contributed by atoms with van der Waals surface area (Å²) < 4.78 is 20.3. The fourth-order valence-electron chi connectivity index (χ4n) is 4.69. The van der Waals surface area contributed by atoms with E-state index in [4.69, 9.17) is 10.4 Å². The van der Waals surface area contributed by atoms with Crippen molar-refractivity contribution in [2.24, 2.45) is 5.73 Å². The molecule has 0 radical (unpaired) electrons. The van der Waals surface area contributed by atoms with E-state index in [1.54, 1.807) is 0 Å². The second kappa shape index (κ2) is 12.3. The predicted octanol–water partition coefficient (Wildman–Crippen LogP) is -1.15. The lowest BCUT2D eigenvalue weighted by molar-refractivity contribution is -0.153. The smallest absolute Gasteiger partial charge is 0.534 e. The Bertz CT molecular complexity index is 1420. The summed E-state index contributed by atoms with van der Waals surface area (Å²) in [5.74, 6) is -8.90. The summed E-state index contributed by atoms with van der Waals surface area (Å²) in [4.78, 5) is 64.9. The number of imide groups is 1. The Hall–Kier alpha value is -4.90. The number of nitrogens with one attached hydrogen (secondary N) is 2. The summed E-state index contributed by atoms with van der Waals surface area (Å²) >= 11 is 0. The van der Waals surface area contributed by atoms with E-state index in [9.17, 15) is 48.7 Å². The van der Waals surface area contributed by atoms with Gasteiger partial charge in [-0.15, -0.1) is 0 Å². The largest absolute Gasteiger partial charge is 0.547 e. The lowest BCUT2D eigenvalue weighted by Gasteiger charge is -2.34. The van der Waals surface area contributed by atoms with Gasteiger partial charge in [-0.3, -0.25) is 19.3 Å². The molecule has 0 unspecified atom stereocenters. The quantitative estimate of drug-likeness (QED) is 0.144. The summed E-state index contributed by atoms with van der Waals surface area (Å²) in [5, 5.41) is 44.5. The molecule has 0 aliphatic carbocycles. The van der Waals surface area contributed by atoms with Crippen LogP contribution in [0.5, 0.6) is 17.2 Å². The number of hydrogen-bond donors (Lipinski definition) is 7. The van der Waals surface area contributed by atoms with Crippen LogP contribution in [-0.2, 0) is 20.8 Å². The number of halogens is 1. The van der Waals surface area contributed by atoms with Crippen LogP contribution >= 0.6 is 0 Å². The number of carboxylic acid groups (broad SMARTS) is 1. The van der Waals surface area contributed by atoms with E-state index in [1.165, 1.54) is 23.1 Å². The van der Waals surface area contributed by atoms with Gasteiger partial charge in [-0.1, -0.05) is 12.1 Å². The molecule has 2 aromatic carbocycles. The van der Waals surface area contributed by atoms with E-state index >= 15 is 0 Å². The van der Waals surface area contributed by atoms with Crippen LogP contribution < -0.4 is 21.0 Å². The maximum Gasteiger partial charge on any atom is 0.547 e. The highest BCUT2D eigenvalue weighted by molar-refractivity contribution is 6.47. The fraction of sp³-hybridized carbons (Fsp3) is 0.320. The SMILES string of the molecule is NCCCN1CCN(C(=O)N[C@@H](C(=O)N[C@H]2Cc3cccc(C(=O)O)c3OB2O)c2c(O)cc(O)cc2F)C(=O)C1=O. The number of nitrogens with two attached hydrogens (primary N) is 1.